The molecule has 0 atom stereocenters. The number of nitrogens with zero attached hydrogens (tertiary/aromatic N) is 1. The third kappa shape index (κ3) is 3.60. The van der Waals surface area contributed by atoms with Crippen molar-refractivity contribution in [1.82, 2.24) is 4.98 Å². The highest BCUT2D eigenvalue weighted by Crippen LogP contribution is 2.27. The summed E-state index contributed by atoms with van der Waals surface area (Å²) < 4.78 is 0.671. The summed E-state index contributed by atoms with van der Waals surface area (Å²) in [6.45, 7) is 0. The standard InChI is InChI=1S/C12H6BrCl3N2O/c13-8-3-6(14)1-2-10(8)18-12(19)7-4-11(16)17-5-9(7)15/h1-5H,(H,18,19). The van der Waals surface area contributed by atoms with E-state index in [9.17, 15) is 4.79 Å². The van der Waals surface area contributed by atoms with Crippen LogP contribution in [0.15, 0.2) is 34.9 Å². The van der Waals surface area contributed by atoms with E-state index in [1.54, 1.807) is 18.2 Å². The van der Waals surface area contributed by atoms with E-state index >= 15 is 0 Å². The summed E-state index contributed by atoms with van der Waals surface area (Å²) >= 11 is 20.8. The van der Waals surface area contributed by atoms with Gasteiger partial charge in [-0.25, -0.2) is 4.98 Å². The molecular weight excluding hydrogens is 374 g/mol. The zero-order chi connectivity index (χ0) is 14.0. The number of pyridine rings is 1. The molecule has 2 rings (SSSR count). The summed E-state index contributed by atoms with van der Waals surface area (Å²) in [4.78, 5) is 15.9. The zero-order valence-electron chi connectivity index (χ0n) is 9.25. The van der Waals surface area contributed by atoms with Crippen molar-refractivity contribution >= 4 is 62.3 Å². The lowest BCUT2D eigenvalue weighted by atomic mass is 10.2. The largest absolute Gasteiger partial charge is 0.321 e. The van der Waals surface area contributed by atoms with Crippen LogP contribution in [0.4, 0.5) is 5.69 Å². The molecule has 1 heterocycles. The van der Waals surface area contributed by atoms with Gasteiger partial charge in [0, 0.05) is 15.7 Å². The van der Waals surface area contributed by atoms with Gasteiger partial charge in [-0.2, -0.15) is 0 Å². The van der Waals surface area contributed by atoms with Gasteiger partial charge in [0.05, 0.1) is 16.3 Å². The molecular formula is C12H6BrCl3N2O. The fourth-order valence-electron chi connectivity index (χ4n) is 1.37. The summed E-state index contributed by atoms with van der Waals surface area (Å²) in [7, 11) is 0. The Morgan fingerprint density at radius 2 is 1.95 bits per heavy atom. The molecule has 3 nitrogen and oxygen atoms in total. The second kappa shape index (κ2) is 6.09. The third-order valence-corrected chi connectivity index (χ3v) is 3.64. The second-order valence-electron chi connectivity index (χ2n) is 3.57. The molecule has 0 saturated carbocycles. The zero-order valence-corrected chi connectivity index (χ0v) is 13.1. The predicted molar refractivity (Wildman–Crippen MR) is 81.4 cm³/mol. The van der Waals surface area contributed by atoms with Crippen LogP contribution in [0.5, 0.6) is 0 Å². The minimum absolute atomic E-state index is 0.199. The summed E-state index contributed by atoms with van der Waals surface area (Å²) in [5.74, 6) is -0.377. The van der Waals surface area contributed by atoms with Crippen LogP contribution in [-0.4, -0.2) is 10.9 Å². The lowest BCUT2D eigenvalue weighted by molar-refractivity contribution is 0.102. The summed E-state index contributed by atoms with van der Waals surface area (Å²) in [5.41, 5.74) is 0.835. The molecule has 0 saturated heterocycles. The molecule has 1 amide bonds. The van der Waals surface area contributed by atoms with E-state index in [0.29, 0.717) is 15.2 Å². The van der Waals surface area contributed by atoms with Crippen LogP contribution in [0, 0.1) is 0 Å². The first-order valence-electron chi connectivity index (χ1n) is 5.05. The summed E-state index contributed by atoms with van der Waals surface area (Å²) in [6, 6.07) is 6.44. The predicted octanol–water partition coefficient (Wildman–Crippen LogP) is 5.06. The van der Waals surface area contributed by atoms with Gasteiger partial charge >= 0.3 is 0 Å². The number of carbonyl (C=O) groups is 1. The maximum atomic E-state index is 12.1. The highest BCUT2D eigenvalue weighted by molar-refractivity contribution is 9.10. The highest BCUT2D eigenvalue weighted by atomic mass is 79.9. The van der Waals surface area contributed by atoms with Crippen molar-refractivity contribution in [2.75, 3.05) is 5.32 Å². The van der Waals surface area contributed by atoms with Gasteiger partial charge in [0.2, 0.25) is 0 Å². The average molecular weight is 380 g/mol. The number of benzene rings is 1. The van der Waals surface area contributed by atoms with Crippen LogP contribution in [0.25, 0.3) is 0 Å². The van der Waals surface area contributed by atoms with E-state index in [0.717, 1.165) is 0 Å². The number of hydrogen-bond acceptors (Lipinski definition) is 2. The molecule has 0 aliphatic rings. The van der Waals surface area contributed by atoms with E-state index in [-0.39, 0.29) is 21.6 Å². The Hall–Kier alpha value is -0.810. The van der Waals surface area contributed by atoms with Gasteiger partial charge in [0.1, 0.15) is 5.15 Å². The van der Waals surface area contributed by atoms with Gasteiger partial charge in [-0.3, -0.25) is 4.79 Å². The number of hydrogen-bond donors (Lipinski definition) is 1. The van der Waals surface area contributed by atoms with Crippen molar-refractivity contribution in [2.45, 2.75) is 0 Å². The minimum Gasteiger partial charge on any atom is -0.321 e. The van der Waals surface area contributed by atoms with Crippen LogP contribution in [0.2, 0.25) is 15.2 Å². The summed E-state index contributed by atoms with van der Waals surface area (Å²) in [5, 5.41) is 3.70. The molecule has 2 aromatic rings. The smallest absolute Gasteiger partial charge is 0.257 e. The lowest BCUT2D eigenvalue weighted by Gasteiger charge is -2.08. The van der Waals surface area contributed by atoms with Gasteiger partial charge < -0.3 is 5.32 Å². The Morgan fingerprint density at radius 3 is 2.63 bits per heavy atom. The van der Waals surface area contributed by atoms with E-state index in [1.165, 1.54) is 12.3 Å². The molecule has 0 radical (unpaired) electrons. The Morgan fingerprint density at radius 1 is 1.21 bits per heavy atom. The molecule has 0 spiro atoms. The topological polar surface area (TPSA) is 42.0 Å². The number of anilines is 1. The first-order chi connectivity index (χ1) is 8.97. The second-order valence-corrected chi connectivity index (χ2v) is 5.65. The van der Waals surface area contributed by atoms with E-state index in [2.05, 4.69) is 26.2 Å². The molecule has 0 aliphatic heterocycles. The maximum absolute atomic E-state index is 12.1. The van der Waals surface area contributed by atoms with Gasteiger partial charge in [0.15, 0.2) is 0 Å². The molecule has 0 aliphatic carbocycles. The monoisotopic (exact) mass is 378 g/mol. The maximum Gasteiger partial charge on any atom is 0.257 e. The molecule has 98 valence electrons. The highest BCUT2D eigenvalue weighted by Gasteiger charge is 2.13. The molecule has 0 bridgehead atoms. The van der Waals surface area contributed by atoms with Crippen molar-refractivity contribution in [3.8, 4) is 0 Å². The molecule has 7 heteroatoms. The number of carbonyl (C=O) groups excluding carboxylic acids is 1. The van der Waals surface area contributed by atoms with Crippen LogP contribution in [0.3, 0.4) is 0 Å². The van der Waals surface area contributed by atoms with Crippen molar-refractivity contribution in [3.63, 3.8) is 0 Å². The third-order valence-electron chi connectivity index (χ3n) is 2.25. The molecule has 1 N–H and O–H groups in total. The van der Waals surface area contributed by atoms with Gasteiger partial charge in [-0.05, 0) is 40.2 Å². The van der Waals surface area contributed by atoms with Crippen molar-refractivity contribution in [3.05, 3.63) is 55.7 Å². The van der Waals surface area contributed by atoms with Crippen LogP contribution >= 0.6 is 50.7 Å². The summed E-state index contributed by atoms with van der Waals surface area (Å²) in [6.07, 6.45) is 1.33. The van der Waals surface area contributed by atoms with Crippen LogP contribution in [0.1, 0.15) is 10.4 Å². The van der Waals surface area contributed by atoms with Gasteiger partial charge in [-0.15, -0.1) is 0 Å². The fraction of sp³-hybridized carbons (Fsp3) is 0. The Labute approximate surface area is 133 Å². The van der Waals surface area contributed by atoms with Gasteiger partial charge in [0.25, 0.3) is 5.91 Å². The van der Waals surface area contributed by atoms with Crippen LogP contribution < -0.4 is 5.32 Å². The van der Waals surface area contributed by atoms with Crippen molar-refractivity contribution in [1.29, 1.82) is 0 Å². The molecule has 1 aromatic heterocycles. The van der Waals surface area contributed by atoms with E-state index < -0.39 is 0 Å². The SMILES string of the molecule is O=C(Nc1ccc(Cl)cc1Br)c1cc(Cl)ncc1Cl. The molecule has 1 aromatic carbocycles. The lowest BCUT2D eigenvalue weighted by Crippen LogP contribution is -2.13. The van der Waals surface area contributed by atoms with Crippen LogP contribution in [-0.2, 0) is 0 Å². The minimum atomic E-state index is -0.377. The Kier molecular flexibility index (Phi) is 4.68. The van der Waals surface area contributed by atoms with E-state index in [1.807, 2.05) is 0 Å². The average Bonchev–Trinajstić information content (AvgIpc) is 2.35. The number of halogens is 4. The molecule has 19 heavy (non-hydrogen) atoms. The molecule has 0 fully saturated rings. The van der Waals surface area contributed by atoms with E-state index in [4.69, 9.17) is 34.8 Å². The number of rotatable bonds is 2. The fourth-order valence-corrected chi connectivity index (χ4v) is 2.50. The number of aromatic nitrogens is 1. The Bertz CT molecular complexity index is 649. The first-order valence-corrected chi connectivity index (χ1v) is 6.97. The van der Waals surface area contributed by atoms with Crippen molar-refractivity contribution < 1.29 is 4.79 Å². The number of amides is 1. The first kappa shape index (κ1) is 14.6. The molecule has 0 unspecified atom stereocenters. The Balaban J connectivity index is 2.28. The van der Waals surface area contributed by atoms with Crippen molar-refractivity contribution in [2.24, 2.45) is 0 Å². The van der Waals surface area contributed by atoms with Gasteiger partial charge in [-0.1, -0.05) is 34.8 Å². The quantitative estimate of drug-likeness (QED) is 0.740. The number of nitrogens with one attached hydrogen (secondary N) is 1. The normalized spacial score (nSPS) is 10.3.